The Kier molecular flexibility index (Phi) is 4.35. The summed E-state index contributed by atoms with van der Waals surface area (Å²) in [6, 6.07) is 10.6. The summed E-state index contributed by atoms with van der Waals surface area (Å²) < 4.78 is 47.7. The van der Waals surface area contributed by atoms with Crippen LogP contribution in [-0.4, -0.2) is 29.9 Å². The van der Waals surface area contributed by atoms with Crippen LogP contribution in [0.2, 0.25) is 0 Å². The van der Waals surface area contributed by atoms with Crippen LogP contribution < -0.4 is 10.0 Å². The first-order valence-electron chi connectivity index (χ1n) is 8.67. The predicted molar refractivity (Wildman–Crippen MR) is 103 cm³/mol. The molecule has 4 N–H and O–H groups in total. The van der Waals surface area contributed by atoms with E-state index >= 15 is 0 Å². The van der Waals surface area contributed by atoms with Gasteiger partial charge in [-0.25, -0.2) is 8.70 Å². The predicted octanol–water partition coefficient (Wildman–Crippen LogP) is 2.85. The van der Waals surface area contributed by atoms with Crippen molar-refractivity contribution < 1.29 is 22.2 Å². The Morgan fingerprint density at radius 1 is 1.18 bits per heavy atom. The van der Waals surface area contributed by atoms with Crippen molar-refractivity contribution >= 4 is 32.8 Å². The van der Waals surface area contributed by atoms with Crippen LogP contribution in [0.3, 0.4) is 0 Å². The highest BCUT2D eigenvalue weighted by molar-refractivity contribution is 7.87. The van der Waals surface area contributed by atoms with Crippen LogP contribution in [-0.2, 0) is 15.1 Å². The molecule has 0 saturated heterocycles. The number of hydrogen-bond acceptors (Lipinski definition) is 3. The molecular weight excluding hydrogens is 385 g/mol. The van der Waals surface area contributed by atoms with Crippen LogP contribution in [0.1, 0.15) is 12.8 Å². The van der Waals surface area contributed by atoms with Gasteiger partial charge in [-0.2, -0.15) is 8.42 Å². The lowest BCUT2D eigenvalue weighted by Gasteiger charge is -2.40. The van der Waals surface area contributed by atoms with Crippen molar-refractivity contribution in [3.8, 4) is 11.1 Å². The summed E-state index contributed by atoms with van der Waals surface area (Å²) in [5, 5.41) is 0.837. The molecule has 9 heteroatoms. The van der Waals surface area contributed by atoms with Gasteiger partial charge >= 0.3 is 10.3 Å². The minimum absolute atomic E-state index is 0.269. The summed E-state index contributed by atoms with van der Waals surface area (Å²) in [5.74, 6) is -1.20. The summed E-state index contributed by atoms with van der Waals surface area (Å²) in [4.78, 5) is 14.2. The molecule has 1 aliphatic carbocycles. The summed E-state index contributed by atoms with van der Waals surface area (Å²) >= 11 is 0. The molecule has 0 atom stereocenters. The molecule has 1 fully saturated rings. The maximum absolute atomic E-state index is 13.4. The molecule has 28 heavy (non-hydrogen) atoms. The third-order valence-electron chi connectivity index (χ3n) is 5.17. The average Bonchev–Trinajstić information content (AvgIpc) is 2.99. The minimum atomic E-state index is -4.50. The van der Waals surface area contributed by atoms with E-state index in [0.717, 1.165) is 20.8 Å². The molecule has 1 aromatic heterocycles. The molecule has 2 aromatic carbocycles. The summed E-state index contributed by atoms with van der Waals surface area (Å²) in [7, 11) is -4.50. The maximum Gasteiger partial charge on any atom is 0.360 e. The van der Waals surface area contributed by atoms with Gasteiger partial charge in [0, 0.05) is 34.6 Å². The molecule has 146 valence electrons. The van der Waals surface area contributed by atoms with Crippen LogP contribution in [0.25, 0.3) is 22.0 Å². The number of hydrogen-bond donors (Lipinski definition) is 3. The van der Waals surface area contributed by atoms with Crippen LogP contribution in [0.15, 0.2) is 48.7 Å². The van der Waals surface area contributed by atoms with E-state index in [4.69, 9.17) is 5.73 Å². The van der Waals surface area contributed by atoms with Gasteiger partial charge in [-0.3, -0.25) is 9.35 Å². The number of primary amides is 1. The first kappa shape index (κ1) is 18.5. The van der Waals surface area contributed by atoms with Crippen molar-refractivity contribution in [3.05, 3.63) is 54.5 Å². The van der Waals surface area contributed by atoms with Gasteiger partial charge in [0.05, 0.1) is 5.69 Å². The SMILES string of the molecule is NC(=O)C1CC(N(c2ccc(-c3c[nH]c4cc(F)ccc34)cc2)S(=O)(=O)O)C1. The Morgan fingerprint density at radius 3 is 2.46 bits per heavy atom. The lowest BCUT2D eigenvalue weighted by atomic mass is 9.79. The smallest absolute Gasteiger partial charge is 0.360 e. The van der Waals surface area contributed by atoms with E-state index in [0.29, 0.717) is 11.2 Å². The molecule has 1 aliphatic rings. The molecule has 0 radical (unpaired) electrons. The second-order valence-corrected chi connectivity index (χ2v) is 8.23. The molecule has 0 spiro atoms. The molecule has 1 amide bonds. The van der Waals surface area contributed by atoms with Gasteiger partial charge in [0.25, 0.3) is 0 Å². The van der Waals surface area contributed by atoms with E-state index in [9.17, 15) is 22.2 Å². The van der Waals surface area contributed by atoms with Gasteiger partial charge in [-0.1, -0.05) is 12.1 Å². The van der Waals surface area contributed by atoms with Gasteiger partial charge in [-0.15, -0.1) is 0 Å². The number of rotatable bonds is 5. The van der Waals surface area contributed by atoms with Gasteiger partial charge in [0.15, 0.2) is 0 Å². The number of anilines is 1. The molecule has 1 saturated carbocycles. The number of amides is 1. The average molecular weight is 403 g/mol. The summed E-state index contributed by atoms with van der Waals surface area (Å²) in [6.07, 6.45) is 2.29. The second-order valence-electron chi connectivity index (χ2n) is 6.94. The highest BCUT2D eigenvalue weighted by Crippen LogP contribution is 2.37. The zero-order valence-electron chi connectivity index (χ0n) is 14.7. The number of nitrogens with zero attached hydrogens (tertiary/aromatic N) is 1. The zero-order chi connectivity index (χ0) is 20.1. The number of aromatic nitrogens is 1. The number of nitrogens with two attached hydrogens (primary N) is 1. The molecule has 0 aliphatic heterocycles. The normalized spacial score (nSPS) is 19.4. The Morgan fingerprint density at radius 2 is 1.86 bits per heavy atom. The number of carbonyl (C=O) groups excluding carboxylic acids is 1. The molecule has 0 bridgehead atoms. The maximum atomic E-state index is 13.4. The van der Waals surface area contributed by atoms with E-state index in [-0.39, 0.29) is 24.6 Å². The Balaban J connectivity index is 1.65. The lowest BCUT2D eigenvalue weighted by Crippen LogP contribution is -2.51. The van der Waals surface area contributed by atoms with Gasteiger partial charge in [-0.05, 0) is 48.7 Å². The van der Waals surface area contributed by atoms with E-state index in [2.05, 4.69) is 4.98 Å². The van der Waals surface area contributed by atoms with Crippen molar-refractivity contribution in [2.24, 2.45) is 11.7 Å². The van der Waals surface area contributed by atoms with E-state index in [1.54, 1.807) is 36.5 Å². The minimum Gasteiger partial charge on any atom is -0.369 e. The summed E-state index contributed by atoms with van der Waals surface area (Å²) in [6.45, 7) is 0. The zero-order valence-corrected chi connectivity index (χ0v) is 15.5. The molecular formula is C19H18FN3O4S. The number of aromatic amines is 1. The number of halogens is 1. The number of benzene rings is 2. The highest BCUT2D eigenvalue weighted by Gasteiger charge is 2.41. The Bertz CT molecular complexity index is 1150. The monoisotopic (exact) mass is 403 g/mol. The van der Waals surface area contributed by atoms with Crippen molar-refractivity contribution in [2.45, 2.75) is 18.9 Å². The molecule has 3 aromatic rings. The van der Waals surface area contributed by atoms with Crippen LogP contribution in [0.4, 0.5) is 10.1 Å². The largest absolute Gasteiger partial charge is 0.369 e. The van der Waals surface area contributed by atoms with Crippen molar-refractivity contribution in [1.29, 1.82) is 0 Å². The molecule has 1 heterocycles. The fraction of sp³-hybridized carbons (Fsp3) is 0.211. The summed E-state index contributed by atoms with van der Waals surface area (Å²) in [5.41, 5.74) is 7.85. The van der Waals surface area contributed by atoms with Gasteiger partial charge in [0.1, 0.15) is 5.82 Å². The highest BCUT2D eigenvalue weighted by atomic mass is 32.2. The van der Waals surface area contributed by atoms with E-state index in [1.807, 2.05) is 0 Å². The second kappa shape index (κ2) is 6.61. The third-order valence-corrected chi connectivity index (χ3v) is 6.18. The van der Waals surface area contributed by atoms with E-state index in [1.165, 1.54) is 12.1 Å². The lowest BCUT2D eigenvalue weighted by molar-refractivity contribution is -0.124. The quantitative estimate of drug-likeness (QED) is 0.568. The van der Waals surface area contributed by atoms with E-state index < -0.39 is 22.3 Å². The first-order chi connectivity index (χ1) is 13.2. The number of H-pyrrole nitrogens is 1. The number of carbonyl (C=O) groups is 1. The Hall–Kier alpha value is -2.91. The van der Waals surface area contributed by atoms with Crippen LogP contribution in [0.5, 0.6) is 0 Å². The van der Waals surface area contributed by atoms with Crippen molar-refractivity contribution in [3.63, 3.8) is 0 Å². The number of fused-ring (bicyclic) bond motifs is 1. The van der Waals surface area contributed by atoms with Crippen LogP contribution >= 0.6 is 0 Å². The van der Waals surface area contributed by atoms with Gasteiger partial charge in [0.2, 0.25) is 5.91 Å². The molecule has 0 unspecified atom stereocenters. The van der Waals surface area contributed by atoms with Crippen molar-refractivity contribution in [1.82, 2.24) is 4.98 Å². The third kappa shape index (κ3) is 3.23. The fourth-order valence-electron chi connectivity index (χ4n) is 3.67. The standard InChI is InChI=1S/C19H18FN3O4S/c20-13-3-6-16-17(10-22-18(16)9-13)11-1-4-14(5-2-11)23(28(25,26)27)15-7-12(8-15)19(21)24/h1-6,9-10,12,15,22H,7-8H2,(H2,21,24)(H,25,26,27). The molecule has 4 rings (SSSR count). The Labute approximate surface area is 160 Å². The fourth-order valence-corrected chi connectivity index (χ4v) is 4.61. The number of nitrogens with one attached hydrogen (secondary N) is 1. The van der Waals surface area contributed by atoms with Crippen LogP contribution in [0, 0.1) is 11.7 Å². The first-order valence-corrected chi connectivity index (χ1v) is 10.1. The topological polar surface area (TPSA) is 116 Å². The molecule has 7 nitrogen and oxygen atoms in total. The van der Waals surface area contributed by atoms with Gasteiger partial charge < -0.3 is 10.7 Å². The van der Waals surface area contributed by atoms with Crippen molar-refractivity contribution in [2.75, 3.05) is 4.31 Å².